The van der Waals surface area contributed by atoms with E-state index < -0.39 is 17.7 Å². The Hall–Kier alpha value is -3.43. The smallest absolute Gasteiger partial charge is 0.321 e. The summed E-state index contributed by atoms with van der Waals surface area (Å²) < 4.78 is 3.00. The molecule has 0 aliphatic heterocycles. The average molecular weight is 556 g/mol. The minimum atomic E-state index is -0.910. The van der Waals surface area contributed by atoms with Crippen molar-refractivity contribution in [1.82, 2.24) is 4.68 Å². The molecule has 0 unspecified atom stereocenters. The van der Waals surface area contributed by atoms with E-state index >= 15 is 0 Å². The number of nitrogens with zero attached hydrogens (tertiary/aromatic N) is 1. The van der Waals surface area contributed by atoms with Gasteiger partial charge in [0.25, 0.3) is 5.91 Å². The van der Waals surface area contributed by atoms with Crippen LogP contribution >= 0.6 is 31.9 Å². The molecular weight excluding hydrogens is 540 g/mol. The van der Waals surface area contributed by atoms with Crippen LogP contribution in [0.3, 0.4) is 0 Å². The average Bonchev–Trinajstić information content (AvgIpc) is 3.13. The van der Waals surface area contributed by atoms with Crippen LogP contribution in [0.2, 0.25) is 0 Å². The van der Waals surface area contributed by atoms with Crippen molar-refractivity contribution >= 4 is 71.9 Å². The molecule has 0 bridgehead atoms. The molecule has 0 saturated heterocycles. The fourth-order valence-corrected chi connectivity index (χ4v) is 3.71. The summed E-state index contributed by atoms with van der Waals surface area (Å²) in [6.07, 6.45) is 0. The molecule has 0 saturated carbocycles. The molecule has 4 rings (SSSR count). The van der Waals surface area contributed by atoms with Gasteiger partial charge in [-0.1, -0.05) is 50.1 Å². The summed E-state index contributed by atoms with van der Waals surface area (Å²) in [5.41, 5.74) is 4.34. The predicted molar refractivity (Wildman–Crippen MR) is 131 cm³/mol. The maximum Gasteiger partial charge on any atom is 0.328 e. The second-order valence-corrected chi connectivity index (χ2v) is 8.62. The van der Waals surface area contributed by atoms with E-state index in [1.165, 1.54) is 4.68 Å². The molecule has 0 aliphatic rings. The fourth-order valence-electron chi connectivity index (χ4n) is 3.06. The second-order valence-electron chi connectivity index (χ2n) is 6.79. The van der Waals surface area contributed by atoms with Gasteiger partial charge >= 0.3 is 11.8 Å². The number of halogens is 2. The monoisotopic (exact) mass is 554 g/mol. The molecule has 1 aromatic heterocycles. The van der Waals surface area contributed by atoms with E-state index in [0.29, 0.717) is 22.3 Å². The van der Waals surface area contributed by atoms with E-state index in [1.54, 1.807) is 72.8 Å². The largest absolute Gasteiger partial charge is 0.328 e. The molecule has 0 aliphatic carbocycles. The van der Waals surface area contributed by atoms with Gasteiger partial charge < -0.3 is 10.6 Å². The van der Waals surface area contributed by atoms with E-state index in [0.717, 1.165) is 8.95 Å². The molecule has 3 aromatic carbocycles. The van der Waals surface area contributed by atoms with Crippen molar-refractivity contribution in [2.24, 2.45) is 0 Å². The van der Waals surface area contributed by atoms with Crippen LogP contribution in [0, 0.1) is 0 Å². The van der Waals surface area contributed by atoms with Crippen molar-refractivity contribution in [3.63, 3.8) is 0 Å². The molecule has 32 heavy (non-hydrogen) atoms. The highest BCUT2D eigenvalue weighted by molar-refractivity contribution is 9.10. The van der Waals surface area contributed by atoms with Crippen LogP contribution in [0.4, 0.5) is 11.4 Å². The van der Waals surface area contributed by atoms with Gasteiger partial charge in [0.05, 0.1) is 5.52 Å². The minimum absolute atomic E-state index is 0.168. The lowest BCUT2D eigenvalue weighted by molar-refractivity contribution is -0.133. The molecule has 0 fully saturated rings. The lowest BCUT2D eigenvalue weighted by Crippen LogP contribution is -2.36. The first-order valence-corrected chi connectivity index (χ1v) is 11.0. The number of anilines is 2. The van der Waals surface area contributed by atoms with Crippen molar-refractivity contribution in [2.45, 2.75) is 0 Å². The van der Waals surface area contributed by atoms with Gasteiger partial charge in [-0.15, -0.1) is 0 Å². The predicted octanol–water partition coefficient (Wildman–Crippen LogP) is 5.13. The molecule has 3 amide bonds. The lowest BCUT2D eigenvalue weighted by atomic mass is 10.2. The number of hydrogen-bond donors (Lipinski definition) is 3. The van der Waals surface area contributed by atoms with Crippen LogP contribution in [0.5, 0.6) is 0 Å². The Labute approximate surface area is 200 Å². The summed E-state index contributed by atoms with van der Waals surface area (Å²) in [6, 6.07) is 22.7. The van der Waals surface area contributed by atoms with Gasteiger partial charge in [-0.2, -0.15) is 0 Å². The number of amides is 3. The van der Waals surface area contributed by atoms with Crippen molar-refractivity contribution < 1.29 is 14.4 Å². The van der Waals surface area contributed by atoms with Crippen molar-refractivity contribution in [3.8, 4) is 0 Å². The summed E-state index contributed by atoms with van der Waals surface area (Å²) in [5.74, 6) is -2.20. The van der Waals surface area contributed by atoms with Gasteiger partial charge in [0, 0.05) is 25.7 Å². The molecule has 7 nitrogen and oxygen atoms in total. The molecule has 0 spiro atoms. The van der Waals surface area contributed by atoms with Crippen molar-refractivity contribution in [2.75, 3.05) is 16.1 Å². The number of rotatable bonds is 4. The first-order chi connectivity index (χ1) is 15.4. The van der Waals surface area contributed by atoms with Crippen LogP contribution < -0.4 is 16.1 Å². The maximum absolute atomic E-state index is 13.0. The number of benzene rings is 3. The minimum Gasteiger partial charge on any atom is -0.321 e. The molecule has 4 aromatic rings. The highest BCUT2D eigenvalue weighted by atomic mass is 79.9. The van der Waals surface area contributed by atoms with E-state index in [1.807, 2.05) is 6.07 Å². The Morgan fingerprint density at radius 3 is 2.06 bits per heavy atom. The Kier molecular flexibility index (Phi) is 6.38. The van der Waals surface area contributed by atoms with Gasteiger partial charge in [-0.25, -0.2) is 4.68 Å². The molecular formula is C23H16Br2N4O3. The third-order valence-electron chi connectivity index (χ3n) is 4.55. The number of para-hydroxylation sites is 1. The molecule has 9 heteroatoms. The van der Waals surface area contributed by atoms with Gasteiger partial charge in [-0.05, 0) is 60.7 Å². The fraction of sp³-hybridized carbons (Fsp3) is 0. The molecule has 0 radical (unpaired) electrons. The highest BCUT2D eigenvalue weighted by Crippen LogP contribution is 2.24. The van der Waals surface area contributed by atoms with Gasteiger partial charge in [0.15, 0.2) is 0 Å². The molecule has 3 N–H and O–H groups in total. The Morgan fingerprint density at radius 2 is 1.34 bits per heavy atom. The normalized spacial score (nSPS) is 10.6. The van der Waals surface area contributed by atoms with E-state index in [9.17, 15) is 14.4 Å². The molecule has 160 valence electrons. The van der Waals surface area contributed by atoms with Gasteiger partial charge in [0.1, 0.15) is 5.69 Å². The SMILES string of the molecule is O=C(Nc1ccccc1)C(=O)Nn1c(C(=O)Nc2ccc(Br)cc2)cc2cc(Br)ccc21. The van der Waals surface area contributed by atoms with Gasteiger partial charge in [-0.3, -0.25) is 19.8 Å². The van der Waals surface area contributed by atoms with Crippen molar-refractivity contribution in [1.29, 1.82) is 0 Å². The zero-order valence-electron chi connectivity index (χ0n) is 16.4. The first-order valence-electron chi connectivity index (χ1n) is 9.46. The topological polar surface area (TPSA) is 92.2 Å². The first kappa shape index (κ1) is 21.8. The van der Waals surface area contributed by atoms with E-state index in [2.05, 4.69) is 47.9 Å². The Balaban J connectivity index is 1.63. The number of carbonyl (C=O) groups is 3. The number of hydrogen-bond acceptors (Lipinski definition) is 3. The summed E-state index contributed by atoms with van der Waals surface area (Å²) in [7, 11) is 0. The van der Waals surface area contributed by atoms with Gasteiger partial charge in [0.2, 0.25) is 0 Å². The lowest BCUT2D eigenvalue weighted by Gasteiger charge is -2.13. The number of carbonyl (C=O) groups excluding carboxylic acids is 3. The summed E-state index contributed by atoms with van der Waals surface area (Å²) in [4.78, 5) is 38.0. The number of nitrogens with one attached hydrogen (secondary N) is 3. The third kappa shape index (κ3) is 4.90. The van der Waals surface area contributed by atoms with Crippen LogP contribution in [-0.4, -0.2) is 22.4 Å². The number of fused-ring (bicyclic) bond motifs is 1. The van der Waals surface area contributed by atoms with Crippen LogP contribution in [-0.2, 0) is 9.59 Å². The zero-order chi connectivity index (χ0) is 22.7. The summed E-state index contributed by atoms with van der Waals surface area (Å²) in [5, 5.41) is 6.04. The van der Waals surface area contributed by atoms with Crippen molar-refractivity contribution in [3.05, 3.63) is 93.5 Å². The summed E-state index contributed by atoms with van der Waals surface area (Å²) >= 11 is 6.77. The quantitative estimate of drug-likeness (QED) is 0.305. The Morgan fingerprint density at radius 1 is 0.688 bits per heavy atom. The number of aromatic nitrogens is 1. The third-order valence-corrected chi connectivity index (χ3v) is 5.57. The van der Waals surface area contributed by atoms with Crippen LogP contribution in [0.15, 0.2) is 87.8 Å². The Bertz CT molecular complexity index is 1320. The zero-order valence-corrected chi connectivity index (χ0v) is 19.6. The van der Waals surface area contributed by atoms with E-state index in [-0.39, 0.29) is 5.69 Å². The van der Waals surface area contributed by atoms with E-state index in [4.69, 9.17) is 0 Å². The van der Waals surface area contributed by atoms with Crippen LogP contribution in [0.1, 0.15) is 10.5 Å². The second kappa shape index (κ2) is 9.37. The maximum atomic E-state index is 13.0. The molecule has 0 atom stereocenters. The summed E-state index contributed by atoms with van der Waals surface area (Å²) in [6.45, 7) is 0. The van der Waals surface area contributed by atoms with Crippen LogP contribution in [0.25, 0.3) is 10.9 Å². The standard InChI is InChI=1S/C23H16Br2N4O3/c24-15-6-9-18(10-7-15)26-21(30)20-13-14-12-16(25)8-11-19(14)29(20)28-23(32)22(31)27-17-4-2-1-3-5-17/h1-13H,(H,26,30)(H,27,31)(H,28,32). The highest BCUT2D eigenvalue weighted by Gasteiger charge is 2.21. The molecule has 1 heterocycles.